The van der Waals surface area contributed by atoms with Crippen LogP contribution < -0.4 is 0 Å². The first kappa shape index (κ1) is 19.3. The minimum atomic E-state index is -0.0596. The topological polar surface area (TPSA) is 18.8 Å². The van der Waals surface area contributed by atoms with Crippen LogP contribution in [-0.4, -0.2) is 15.8 Å². The summed E-state index contributed by atoms with van der Waals surface area (Å²) in [5.41, 5.74) is 3.33. The maximum atomic E-state index is 6.34. The Morgan fingerprint density at radius 2 is 1.46 bits per heavy atom. The minimum Gasteiger partial charge on any atom is -0.248 e. The third-order valence-corrected chi connectivity index (χ3v) is 6.22. The third-order valence-electron chi connectivity index (χ3n) is 4.53. The van der Waals surface area contributed by atoms with Crippen LogP contribution in [0.15, 0.2) is 83.9 Å². The van der Waals surface area contributed by atoms with Gasteiger partial charge in [-0.1, -0.05) is 89.9 Å². The SMILES string of the molecule is Clc1cccc(Cl)c1CSN1C=NC(c2ccccc2)N1Cc1ccccc1. The summed E-state index contributed by atoms with van der Waals surface area (Å²) < 4.78 is 2.09. The van der Waals surface area contributed by atoms with Gasteiger partial charge in [-0.15, -0.1) is 0 Å². The Labute approximate surface area is 179 Å². The average Bonchev–Trinajstić information content (AvgIpc) is 3.11. The number of hydrogen-bond acceptors (Lipinski definition) is 4. The van der Waals surface area contributed by atoms with Gasteiger partial charge in [0.05, 0.1) is 0 Å². The van der Waals surface area contributed by atoms with Crippen molar-refractivity contribution in [1.82, 2.24) is 9.42 Å². The van der Waals surface area contributed by atoms with Gasteiger partial charge < -0.3 is 0 Å². The Hall–Kier alpha value is -1.98. The summed E-state index contributed by atoms with van der Waals surface area (Å²) in [6.45, 7) is 0.754. The second kappa shape index (κ2) is 9.01. The van der Waals surface area contributed by atoms with Crippen molar-refractivity contribution in [2.45, 2.75) is 18.5 Å². The molecule has 0 amide bonds. The second-order valence-corrected chi connectivity index (χ2v) is 8.14. The maximum absolute atomic E-state index is 6.34. The van der Waals surface area contributed by atoms with Gasteiger partial charge in [-0.2, -0.15) is 5.01 Å². The highest BCUT2D eigenvalue weighted by atomic mass is 35.5. The number of rotatable bonds is 6. The van der Waals surface area contributed by atoms with Crippen LogP contribution in [0.4, 0.5) is 0 Å². The lowest BCUT2D eigenvalue weighted by Crippen LogP contribution is -2.34. The summed E-state index contributed by atoms with van der Waals surface area (Å²) in [5.74, 6) is 0.664. The molecule has 1 heterocycles. The van der Waals surface area contributed by atoms with E-state index in [0.29, 0.717) is 15.8 Å². The lowest BCUT2D eigenvalue weighted by molar-refractivity contribution is 0.0972. The standard InChI is InChI=1S/C22H19Cl2N3S/c23-20-12-7-13-21(24)19(20)15-28-27-16-25-22(18-10-5-2-6-11-18)26(27)14-17-8-3-1-4-9-17/h1-13,16,22H,14-15H2. The zero-order valence-corrected chi connectivity index (χ0v) is 17.4. The van der Waals surface area contributed by atoms with Gasteiger partial charge in [0.1, 0.15) is 12.5 Å². The highest BCUT2D eigenvalue weighted by molar-refractivity contribution is 7.96. The van der Waals surface area contributed by atoms with Gasteiger partial charge in [0.15, 0.2) is 0 Å². The molecule has 0 radical (unpaired) electrons. The Bertz CT molecular complexity index is 930. The van der Waals surface area contributed by atoms with E-state index >= 15 is 0 Å². The van der Waals surface area contributed by atoms with Crippen molar-refractivity contribution in [1.29, 1.82) is 0 Å². The van der Waals surface area contributed by atoms with E-state index in [1.165, 1.54) is 5.56 Å². The number of aliphatic imine (C=N–C) groups is 1. The highest BCUT2D eigenvalue weighted by Gasteiger charge is 2.30. The van der Waals surface area contributed by atoms with Gasteiger partial charge in [-0.25, -0.2) is 9.41 Å². The summed E-state index contributed by atoms with van der Waals surface area (Å²) >= 11 is 14.3. The zero-order chi connectivity index (χ0) is 19.3. The molecule has 0 saturated heterocycles. The van der Waals surface area contributed by atoms with Crippen LogP contribution in [0.2, 0.25) is 10.0 Å². The van der Waals surface area contributed by atoms with Gasteiger partial charge >= 0.3 is 0 Å². The molecule has 142 valence electrons. The molecule has 1 unspecified atom stereocenters. The lowest BCUT2D eigenvalue weighted by atomic mass is 10.1. The van der Waals surface area contributed by atoms with Crippen LogP contribution in [0.25, 0.3) is 0 Å². The molecule has 3 nitrogen and oxygen atoms in total. The van der Waals surface area contributed by atoms with Crippen LogP contribution in [0.3, 0.4) is 0 Å². The molecule has 3 aromatic carbocycles. The van der Waals surface area contributed by atoms with E-state index in [2.05, 4.69) is 45.8 Å². The number of halogens is 2. The molecule has 0 saturated carbocycles. The maximum Gasteiger partial charge on any atom is 0.147 e. The van der Waals surface area contributed by atoms with E-state index in [0.717, 1.165) is 17.7 Å². The molecule has 1 aliphatic heterocycles. The van der Waals surface area contributed by atoms with Crippen molar-refractivity contribution in [2.24, 2.45) is 4.99 Å². The monoisotopic (exact) mass is 427 g/mol. The van der Waals surface area contributed by atoms with Gasteiger partial charge in [-0.05, 0) is 35.2 Å². The van der Waals surface area contributed by atoms with Gasteiger partial charge in [0.2, 0.25) is 0 Å². The van der Waals surface area contributed by atoms with E-state index in [-0.39, 0.29) is 6.17 Å². The molecular formula is C22H19Cl2N3S. The molecule has 0 aliphatic carbocycles. The Balaban J connectivity index is 1.56. The highest BCUT2D eigenvalue weighted by Crippen LogP contribution is 2.36. The van der Waals surface area contributed by atoms with Crippen LogP contribution in [0.1, 0.15) is 22.9 Å². The molecule has 3 aromatic rings. The molecular weight excluding hydrogens is 409 g/mol. The van der Waals surface area contributed by atoms with E-state index in [9.17, 15) is 0 Å². The first-order chi connectivity index (χ1) is 13.7. The van der Waals surface area contributed by atoms with Crippen LogP contribution in [0.5, 0.6) is 0 Å². The fourth-order valence-corrected chi connectivity index (χ4v) is 4.77. The molecule has 0 spiro atoms. The van der Waals surface area contributed by atoms with E-state index < -0.39 is 0 Å². The predicted molar refractivity (Wildman–Crippen MR) is 119 cm³/mol. The van der Waals surface area contributed by atoms with Gasteiger partial charge in [0, 0.05) is 27.9 Å². The number of benzene rings is 3. The normalized spacial score (nSPS) is 16.6. The summed E-state index contributed by atoms with van der Waals surface area (Å²) in [7, 11) is 0. The molecule has 28 heavy (non-hydrogen) atoms. The van der Waals surface area contributed by atoms with Crippen LogP contribution in [0, 0.1) is 0 Å². The molecule has 0 aromatic heterocycles. The molecule has 0 bridgehead atoms. The molecule has 1 aliphatic rings. The van der Waals surface area contributed by atoms with Crippen molar-refractivity contribution < 1.29 is 0 Å². The zero-order valence-electron chi connectivity index (χ0n) is 15.1. The van der Waals surface area contributed by atoms with Crippen LogP contribution >= 0.6 is 35.1 Å². The number of hydrazine groups is 1. The number of nitrogens with zero attached hydrogens (tertiary/aromatic N) is 3. The smallest absolute Gasteiger partial charge is 0.147 e. The minimum absolute atomic E-state index is 0.0596. The first-order valence-electron chi connectivity index (χ1n) is 8.96. The van der Waals surface area contributed by atoms with E-state index in [1.807, 2.05) is 48.8 Å². The van der Waals surface area contributed by atoms with Crippen molar-refractivity contribution in [2.75, 3.05) is 0 Å². The Morgan fingerprint density at radius 1 is 0.821 bits per heavy atom. The number of hydrogen-bond donors (Lipinski definition) is 0. The largest absolute Gasteiger partial charge is 0.248 e. The average molecular weight is 428 g/mol. The van der Waals surface area contributed by atoms with Crippen molar-refractivity contribution in [3.8, 4) is 0 Å². The third kappa shape index (κ3) is 4.36. The van der Waals surface area contributed by atoms with Crippen molar-refractivity contribution >= 4 is 41.5 Å². The van der Waals surface area contributed by atoms with Gasteiger partial charge in [0.25, 0.3) is 0 Å². The van der Waals surface area contributed by atoms with Crippen LogP contribution in [-0.2, 0) is 12.3 Å². The fraction of sp³-hybridized carbons (Fsp3) is 0.136. The molecule has 4 rings (SSSR count). The van der Waals surface area contributed by atoms with E-state index in [4.69, 9.17) is 28.2 Å². The van der Waals surface area contributed by atoms with E-state index in [1.54, 1.807) is 11.9 Å². The quantitative estimate of drug-likeness (QED) is 0.412. The summed E-state index contributed by atoms with van der Waals surface area (Å²) in [6, 6.07) is 26.4. The molecule has 0 fully saturated rings. The fourth-order valence-electron chi connectivity index (χ4n) is 3.09. The summed E-state index contributed by atoms with van der Waals surface area (Å²) in [5, 5.41) is 3.62. The molecule has 1 atom stereocenters. The molecule has 6 heteroatoms. The Morgan fingerprint density at radius 3 is 2.14 bits per heavy atom. The second-order valence-electron chi connectivity index (χ2n) is 6.41. The van der Waals surface area contributed by atoms with Gasteiger partial charge in [-0.3, -0.25) is 0 Å². The summed E-state index contributed by atoms with van der Waals surface area (Å²) in [6.07, 6.45) is 1.83. The Kier molecular flexibility index (Phi) is 6.23. The predicted octanol–water partition coefficient (Wildman–Crippen LogP) is 6.60. The molecule has 0 N–H and O–H groups in total. The first-order valence-corrected chi connectivity index (χ1v) is 10.7. The lowest BCUT2D eigenvalue weighted by Gasteiger charge is -2.31. The van der Waals surface area contributed by atoms with Crippen molar-refractivity contribution in [3.05, 3.63) is 106 Å². The van der Waals surface area contributed by atoms with Crippen molar-refractivity contribution in [3.63, 3.8) is 0 Å². The summed E-state index contributed by atoms with van der Waals surface area (Å²) in [4.78, 5) is 4.76.